The molecule has 3 rings (SSSR count). The maximum absolute atomic E-state index is 12.6. The summed E-state index contributed by atoms with van der Waals surface area (Å²) in [7, 11) is 1.58. The van der Waals surface area contributed by atoms with Gasteiger partial charge < -0.3 is 9.47 Å². The molecule has 26 heavy (non-hydrogen) atoms. The number of hydrogen-bond donors (Lipinski definition) is 0. The van der Waals surface area contributed by atoms with Crippen LogP contribution in [0, 0.1) is 0 Å². The van der Waals surface area contributed by atoms with E-state index < -0.39 is 11.8 Å². The number of amides is 2. The number of hydrogen-bond acceptors (Lipinski definition) is 4. The van der Waals surface area contributed by atoms with E-state index in [1.54, 1.807) is 55.6 Å². The van der Waals surface area contributed by atoms with Crippen LogP contribution in [0.5, 0.6) is 11.5 Å². The highest BCUT2D eigenvalue weighted by molar-refractivity contribution is 6.55. The Morgan fingerprint density at radius 2 is 1.50 bits per heavy atom. The number of imide groups is 1. The van der Waals surface area contributed by atoms with Crippen LogP contribution in [0.4, 0.5) is 0 Å². The minimum absolute atomic E-state index is 0.0943. The normalized spacial score (nSPS) is 14.2. The van der Waals surface area contributed by atoms with Gasteiger partial charge in [-0.2, -0.15) is 0 Å². The first-order chi connectivity index (χ1) is 12.5. The molecule has 2 amide bonds. The molecule has 5 nitrogen and oxygen atoms in total. The third kappa shape index (κ3) is 3.69. The fraction of sp³-hybridized carbons (Fsp3) is 0.158. The van der Waals surface area contributed by atoms with Gasteiger partial charge in [-0.1, -0.05) is 35.3 Å². The molecule has 1 aliphatic heterocycles. The summed E-state index contributed by atoms with van der Waals surface area (Å²) in [6.07, 6.45) is 0. The monoisotopic (exact) mass is 391 g/mol. The van der Waals surface area contributed by atoms with Crippen molar-refractivity contribution in [3.05, 3.63) is 64.1 Å². The Morgan fingerprint density at radius 1 is 0.885 bits per heavy atom. The van der Waals surface area contributed by atoms with Gasteiger partial charge in [-0.25, -0.2) is 0 Å². The van der Waals surface area contributed by atoms with Crippen LogP contribution >= 0.6 is 23.2 Å². The van der Waals surface area contributed by atoms with Crippen molar-refractivity contribution in [1.29, 1.82) is 0 Å². The van der Waals surface area contributed by atoms with Crippen molar-refractivity contribution in [3.63, 3.8) is 0 Å². The smallest absolute Gasteiger partial charge is 0.273 e. The summed E-state index contributed by atoms with van der Waals surface area (Å²) >= 11 is 12.0. The maximum atomic E-state index is 12.6. The van der Waals surface area contributed by atoms with Crippen LogP contribution in [0.15, 0.2) is 53.6 Å². The molecule has 0 spiro atoms. The maximum Gasteiger partial charge on any atom is 0.273 e. The Morgan fingerprint density at radius 3 is 2.12 bits per heavy atom. The summed E-state index contributed by atoms with van der Waals surface area (Å²) in [5.74, 6) is 0.355. The Hall–Kier alpha value is -2.50. The highest BCUT2D eigenvalue weighted by Crippen LogP contribution is 2.32. The van der Waals surface area contributed by atoms with E-state index in [0.29, 0.717) is 22.1 Å². The summed E-state index contributed by atoms with van der Waals surface area (Å²) in [5, 5.41) is 0.439. The van der Waals surface area contributed by atoms with Crippen LogP contribution < -0.4 is 9.47 Å². The standard InChI is InChI=1S/C19H15Cl2NO4/c1-25-14-6-8-15(9-7-14)26-11-10-22-18(23)16(17(21)19(22)24)12-2-4-13(20)5-3-12/h2-9H,10-11H2,1H3. The molecule has 0 aliphatic carbocycles. The van der Waals surface area contributed by atoms with Crippen LogP contribution in [0.2, 0.25) is 5.02 Å². The Kier molecular flexibility index (Phi) is 5.49. The first-order valence-electron chi connectivity index (χ1n) is 7.80. The van der Waals surface area contributed by atoms with Gasteiger partial charge in [-0.3, -0.25) is 14.5 Å². The SMILES string of the molecule is COc1ccc(OCCN2C(=O)C(Cl)=C(c3ccc(Cl)cc3)C2=O)cc1. The second-order valence-corrected chi connectivity index (χ2v) is 6.30. The van der Waals surface area contributed by atoms with Crippen LogP contribution in [-0.2, 0) is 9.59 Å². The molecule has 0 fully saturated rings. The van der Waals surface area contributed by atoms with Crippen molar-refractivity contribution in [2.24, 2.45) is 0 Å². The van der Waals surface area contributed by atoms with Crippen molar-refractivity contribution < 1.29 is 19.1 Å². The number of methoxy groups -OCH3 is 1. The summed E-state index contributed by atoms with van der Waals surface area (Å²) in [6, 6.07) is 13.6. The third-order valence-electron chi connectivity index (χ3n) is 3.89. The lowest BCUT2D eigenvalue weighted by Crippen LogP contribution is -2.35. The molecule has 7 heteroatoms. The molecular weight excluding hydrogens is 377 g/mol. The molecule has 0 atom stereocenters. The summed E-state index contributed by atoms with van der Waals surface area (Å²) in [4.78, 5) is 26.0. The Labute approximate surface area is 160 Å². The van der Waals surface area contributed by atoms with Gasteiger partial charge in [0.2, 0.25) is 0 Å². The lowest BCUT2D eigenvalue weighted by Gasteiger charge is -2.15. The zero-order valence-corrected chi connectivity index (χ0v) is 15.4. The average molecular weight is 392 g/mol. The molecule has 0 bridgehead atoms. The van der Waals surface area contributed by atoms with Gasteiger partial charge in [0.25, 0.3) is 11.8 Å². The molecule has 1 heterocycles. The second-order valence-electron chi connectivity index (χ2n) is 5.48. The lowest BCUT2D eigenvalue weighted by atomic mass is 10.1. The number of carbonyl (C=O) groups is 2. The van der Waals surface area contributed by atoms with Crippen molar-refractivity contribution in [1.82, 2.24) is 4.90 Å². The molecule has 0 unspecified atom stereocenters. The van der Waals surface area contributed by atoms with Crippen molar-refractivity contribution >= 4 is 40.6 Å². The van der Waals surface area contributed by atoms with E-state index >= 15 is 0 Å². The number of halogens is 2. The molecule has 0 radical (unpaired) electrons. The molecule has 0 saturated carbocycles. The zero-order chi connectivity index (χ0) is 18.7. The predicted octanol–water partition coefficient (Wildman–Crippen LogP) is 3.75. The van der Waals surface area contributed by atoms with E-state index in [9.17, 15) is 9.59 Å². The van der Waals surface area contributed by atoms with Gasteiger partial charge in [0.05, 0.1) is 19.2 Å². The van der Waals surface area contributed by atoms with E-state index in [1.807, 2.05) is 0 Å². The fourth-order valence-electron chi connectivity index (χ4n) is 2.54. The number of rotatable bonds is 6. The van der Waals surface area contributed by atoms with Gasteiger partial charge in [-0.05, 0) is 42.0 Å². The Bertz CT molecular complexity index is 860. The molecular formula is C19H15Cl2NO4. The van der Waals surface area contributed by atoms with Crippen LogP contribution in [0.25, 0.3) is 5.57 Å². The number of carbonyl (C=O) groups excluding carboxylic acids is 2. The molecule has 134 valence electrons. The molecule has 2 aromatic rings. The van der Waals surface area contributed by atoms with Gasteiger partial charge in [0.1, 0.15) is 23.1 Å². The number of ether oxygens (including phenoxy) is 2. The minimum atomic E-state index is -0.528. The summed E-state index contributed by atoms with van der Waals surface area (Å²) in [5.41, 5.74) is 0.731. The van der Waals surface area contributed by atoms with Gasteiger partial charge in [0.15, 0.2) is 0 Å². The molecule has 1 aliphatic rings. The van der Waals surface area contributed by atoms with Gasteiger partial charge in [0, 0.05) is 5.02 Å². The summed E-state index contributed by atoms with van der Waals surface area (Å²) < 4.78 is 10.6. The zero-order valence-electron chi connectivity index (χ0n) is 13.9. The Balaban J connectivity index is 1.65. The number of benzene rings is 2. The third-order valence-corrected chi connectivity index (χ3v) is 4.49. The van der Waals surface area contributed by atoms with Gasteiger partial charge >= 0.3 is 0 Å². The van der Waals surface area contributed by atoms with Crippen LogP contribution in [-0.4, -0.2) is 37.0 Å². The molecule has 0 aromatic heterocycles. The number of nitrogens with zero attached hydrogens (tertiary/aromatic N) is 1. The molecule has 0 saturated heterocycles. The average Bonchev–Trinajstić information content (AvgIpc) is 2.86. The second kappa shape index (κ2) is 7.81. The van der Waals surface area contributed by atoms with Crippen molar-refractivity contribution in [3.8, 4) is 11.5 Å². The molecule has 0 N–H and O–H groups in total. The first kappa shape index (κ1) is 18.3. The van der Waals surface area contributed by atoms with E-state index in [0.717, 1.165) is 4.90 Å². The first-order valence-corrected chi connectivity index (χ1v) is 8.55. The highest BCUT2D eigenvalue weighted by atomic mass is 35.5. The topological polar surface area (TPSA) is 55.8 Å². The highest BCUT2D eigenvalue weighted by Gasteiger charge is 2.37. The lowest BCUT2D eigenvalue weighted by molar-refractivity contribution is -0.137. The van der Waals surface area contributed by atoms with Crippen LogP contribution in [0.1, 0.15) is 5.56 Å². The van der Waals surface area contributed by atoms with Crippen molar-refractivity contribution in [2.45, 2.75) is 0 Å². The molecule has 2 aromatic carbocycles. The van der Waals surface area contributed by atoms with E-state index in [2.05, 4.69) is 0 Å². The summed E-state index contributed by atoms with van der Waals surface area (Å²) in [6.45, 7) is 0.249. The quantitative estimate of drug-likeness (QED) is 0.703. The minimum Gasteiger partial charge on any atom is -0.497 e. The largest absolute Gasteiger partial charge is 0.497 e. The fourth-order valence-corrected chi connectivity index (χ4v) is 2.96. The van der Waals surface area contributed by atoms with E-state index in [1.165, 1.54) is 0 Å². The van der Waals surface area contributed by atoms with Crippen LogP contribution in [0.3, 0.4) is 0 Å². The van der Waals surface area contributed by atoms with E-state index in [4.69, 9.17) is 32.7 Å². The predicted molar refractivity (Wildman–Crippen MR) is 99.4 cm³/mol. The van der Waals surface area contributed by atoms with Crippen molar-refractivity contribution in [2.75, 3.05) is 20.3 Å². The van der Waals surface area contributed by atoms with E-state index in [-0.39, 0.29) is 23.8 Å². The van der Waals surface area contributed by atoms with Gasteiger partial charge in [-0.15, -0.1) is 0 Å².